The summed E-state index contributed by atoms with van der Waals surface area (Å²) in [4.78, 5) is 0. The van der Waals surface area contributed by atoms with Crippen LogP contribution in [0.25, 0.3) is 5.70 Å². The van der Waals surface area contributed by atoms with Crippen molar-refractivity contribution in [2.24, 2.45) is 0 Å². The lowest BCUT2D eigenvalue weighted by Crippen LogP contribution is -2.41. The van der Waals surface area contributed by atoms with Gasteiger partial charge >= 0.3 is 7.12 Å². The molecule has 0 unspecified atom stereocenters. The monoisotopic (exact) mass is 285 g/mol. The second kappa shape index (κ2) is 4.89. The van der Waals surface area contributed by atoms with Crippen molar-refractivity contribution in [3.8, 4) is 0 Å². The highest BCUT2D eigenvalue weighted by Crippen LogP contribution is 2.36. The van der Waals surface area contributed by atoms with E-state index >= 15 is 0 Å². The van der Waals surface area contributed by atoms with E-state index in [1.165, 1.54) is 12.8 Å². The molecule has 0 atom stereocenters. The first-order valence-electron chi connectivity index (χ1n) is 7.70. The molecule has 1 aliphatic heterocycles. The summed E-state index contributed by atoms with van der Waals surface area (Å²) < 4.78 is 12.1. The molecule has 1 aromatic rings. The SMILES string of the molecule is C=C(NC1CC1)c1ccc(B2OC(C)(C)C(C)(C)O2)cc1. The van der Waals surface area contributed by atoms with Gasteiger partial charge in [-0.05, 0) is 51.6 Å². The summed E-state index contributed by atoms with van der Waals surface area (Å²) in [6.07, 6.45) is 2.51. The average Bonchev–Trinajstić information content (AvgIpc) is 3.17. The largest absolute Gasteiger partial charge is 0.494 e. The van der Waals surface area contributed by atoms with E-state index in [9.17, 15) is 0 Å². The maximum absolute atomic E-state index is 6.06. The van der Waals surface area contributed by atoms with E-state index in [1.807, 2.05) is 0 Å². The summed E-state index contributed by atoms with van der Waals surface area (Å²) in [6.45, 7) is 12.4. The second-order valence-electron chi connectivity index (χ2n) is 7.11. The van der Waals surface area contributed by atoms with Gasteiger partial charge in [0.1, 0.15) is 0 Å². The fourth-order valence-electron chi connectivity index (χ4n) is 2.38. The molecular formula is C17H24BNO2. The van der Waals surface area contributed by atoms with E-state index in [-0.39, 0.29) is 18.3 Å². The Kier molecular flexibility index (Phi) is 3.42. The van der Waals surface area contributed by atoms with Gasteiger partial charge < -0.3 is 14.6 Å². The Morgan fingerprint density at radius 1 is 1.10 bits per heavy atom. The molecule has 0 bridgehead atoms. The molecule has 2 aliphatic rings. The Bertz CT molecular complexity index is 530. The Hall–Kier alpha value is -1.26. The third kappa shape index (κ3) is 2.88. The lowest BCUT2D eigenvalue weighted by atomic mass is 9.79. The highest BCUT2D eigenvalue weighted by molar-refractivity contribution is 6.62. The van der Waals surface area contributed by atoms with Gasteiger partial charge in [0.2, 0.25) is 0 Å². The van der Waals surface area contributed by atoms with Crippen LogP contribution in [0, 0.1) is 0 Å². The highest BCUT2D eigenvalue weighted by atomic mass is 16.7. The van der Waals surface area contributed by atoms with Crippen LogP contribution in [-0.2, 0) is 9.31 Å². The quantitative estimate of drug-likeness (QED) is 0.863. The summed E-state index contributed by atoms with van der Waals surface area (Å²) in [7, 11) is -0.297. The normalized spacial score (nSPS) is 23.1. The van der Waals surface area contributed by atoms with Crippen molar-refractivity contribution >= 4 is 18.3 Å². The molecule has 3 nitrogen and oxygen atoms in total. The minimum atomic E-state index is -0.298. The van der Waals surface area contributed by atoms with Crippen molar-refractivity contribution in [3.63, 3.8) is 0 Å². The third-order valence-corrected chi connectivity index (χ3v) is 4.74. The van der Waals surface area contributed by atoms with Crippen LogP contribution >= 0.6 is 0 Å². The summed E-state index contributed by atoms with van der Waals surface area (Å²) in [5.41, 5.74) is 2.58. The summed E-state index contributed by atoms with van der Waals surface area (Å²) in [5, 5.41) is 3.43. The second-order valence-corrected chi connectivity index (χ2v) is 7.11. The van der Waals surface area contributed by atoms with E-state index in [1.54, 1.807) is 0 Å². The van der Waals surface area contributed by atoms with Crippen LogP contribution in [0.5, 0.6) is 0 Å². The van der Waals surface area contributed by atoms with Crippen LogP contribution < -0.4 is 10.8 Å². The molecule has 1 aliphatic carbocycles. The zero-order chi connectivity index (χ0) is 15.3. The van der Waals surface area contributed by atoms with Crippen LogP contribution in [0.3, 0.4) is 0 Å². The molecule has 0 amide bonds. The minimum Gasteiger partial charge on any atom is -0.399 e. The molecular weight excluding hydrogens is 261 g/mol. The maximum atomic E-state index is 6.06. The highest BCUT2D eigenvalue weighted by Gasteiger charge is 2.51. The predicted octanol–water partition coefficient (Wildman–Crippen LogP) is 2.71. The topological polar surface area (TPSA) is 30.5 Å². The van der Waals surface area contributed by atoms with Gasteiger partial charge in [0, 0.05) is 11.7 Å². The van der Waals surface area contributed by atoms with Crippen molar-refractivity contribution in [2.45, 2.75) is 57.8 Å². The first-order valence-corrected chi connectivity index (χ1v) is 7.70. The number of hydrogen-bond acceptors (Lipinski definition) is 3. The summed E-state index contributed by atoms with van der Waals surface area (Å²) >= 11 is 0. The molecule has 0 radical (unpaired) electrons. The van der Waals surface area contributed by atoms with Crippen molar-refractivity contribution in [3.05, 3.63) is 36.4 Å². The fraction of sp³-hybridized carbons (Fsp3) is 0.529. The van der Waals surface area contributed by atoms with Crippen LogP contribution in [0.15, 0.2) is 30.8 Å². The van der Waals surface area contributed by atoms with E-state index in [0.29, 0.717) is 6.04 Å². The molecule has 2 fully saturated rings. The van der Waals surface area contributed by atoms with Crippen LogP contribution in [0.2, 0.25) is 0 Å². The van der Waals surface area contributed by atoms with Crippen molar-refractivity contribution < 1.29 is 9.31 Å². The van der Waals surface area contributed by atoms with Gasteiger partial charge in [0.05, 0.1) is 11.2 Å². The van der Waals surface area contributed by atoms with Crippen LogP contribution in [-0.4, -0.2) is 24.4 Å². The van der Waals surface area contributed by atoms with Gasteiger partial charge in [-0.2, -0.15) is 0 Å². The van der Waals surface area contributed by atoms with Crippen molar-refractivity contribution in [1.29, 1.82) is 0 Å². The Balaban J connectivity index is 1.71. The molecule has 21 heavy (non-hydrogen) atoms. The molecule has 1 aromatic carbocycles. The molecule has 3 rings (SSSR count). The predicted molar refractivity (Wildman–Crippen MR) is 87.3 cm³/mol. The van der Waals surface area contributed by atoms with Gasteiger partial charge in [0.15, 0.2) is 0 Å². The van der Waals surface area contributed by atoms with E-state index in [0.717, 1.165) is 16.7 Å². The molecule has 1 heterocycles. The third-order valence-electron chi connectivity index (χ3n) is 4.74. The van der Waals surface area contributed by atoms with E-state index < -0.39 is 0 Å². The minimum absolute atomic E-state index is 0.297. The Labute approximate surface area is 127 Å². The smallest absolute Gasteiger partial charge is 0.399 e. The first-order chi connectivity index (χ1) is 9.78. The molecule has 0 aromatic heterocycles. The average molecular weight is 285 g/mol. The molecule has 1 N–H and O–H groups in total. The molecule has 4 heteroatoms. The maximum Gasteiger partial charge on any atom is 0.494 e. The van der Waals surface area contributed by atoms with E-state index in [2.05, 4.69) is 63.9 Å². The number of benzene rings is 1. The summed E-state index contributed by atoms with van der Waals surface area (Å²) in [6, 6.07) is 8.92. The van der Waals surface area contributed by atoms with Gasteiger partial charge in [-0.3, -0.25) is 0 Å². The Morgan fingerprint density at radius 3 is 2.10 bits per heavy atom. The first kappa shape index (κ1) is 14.7. The molecule has 112 valence electrons. The lowest BCUT2D eigenvalue weighted by molar-refractivity contribution is 0.00578. The van der Waals surface area contributed by atoms with Gasteiger partial charge in [-0.15, -0.1) is 0 Å². The van der Waals surface area contributed by atoms with E-state index in [4.69, 9.17) is 9.31 Å². The van der Waals surface area contributed by atoms with Crippen molar-refractivity contribution in [1.82, 2.24) is 5.32 Å². The lowest BCUT2D eigenvalue weighted by Gasteiger charge is -2.32. The molecule has 0 spiro atoms. The summed E-state index contributed by atoms with van der Waals surface area (Å²) in [5.74, 6) is 0. The van der Waals surface area contributed by atoms with Crippen molar-refractivity contribution in [2.75, 3.05) is 0 Å². The number of rotatable bonds is 4. The zero-order valence-corrected chi connectivity index (χ0v) is 13.4. The van der Waals surface area contributed by atoms with Crippen LogP contribution in [0.4, 0.5) is 0 Å². The molecule has 1 saturated heterocycles. The Morgan fingerprint density at radius 2 is 1.62 bits per heavy atom. The number of nitrogens with one attached hydrogen (secondary N) is 1. The van der Waals surface area contributed by atoms with Gasteiger partial charge in [0.25, 0.3) is 0 Å². The van der Waals surface area contributed by atoms with Gasteiger partial charge in [-0.1, -0.05) is 30.8 Å². The van der Waals surface area contributed by atoms with Gasteiger partial charge in [-0.25, -0.2) is 0 Å². The fourth-order valence-corrected chi connectivity index (χ4v) is 2.38. The molecule has 1 saturated carbocycles. The standard InChI is InChI=1S/C17H24BNO2/c1-12(19-15-10-11-15)13-6-8-14(9-7-13)18-20-16(2,3)17(4,5)21-18/h6-9,15,19H,1,10-11H2,2-5H3. The zero-order valence-electron chi connectivity index (χ0n) is 13.4. The van der Waals surface area contributed by atoms with Crippen LogP contribution in [0.1, 0.15) is 46.1 Å². The number of hydrogen-bond donors (Lipinski definition) is 1.